The first-order chi connectivity index (χ1) is 4.15. The van der Waals surface area contributed by atoms with Crippen LogP contribution in [0.15, 0.2) is 0 Å². The highest BCUT2D eigenvalue weighted by molar-refractivity contribution is 5.85. The SMILES string of the molecule is Cl.NC1(C(=O)O)CCCC1. The molecule has 1 rings (SSSR count). The monoisotopic (exact) mass is 165 g/mol. The normalized spacial score (nSPS) is 21.7. The molecule has 0 spiro atoms. The number of aliphatic carboxylic acids is 1. The minimum Gasteiger partial charge on any atom is -0.480 e. The zero-order valence-electron chi connectivity index (χ0n) is 5.67. The summed E-state index contributed by atoms with van der Waals surface area (Å²) in [6.07, 6.45) is 3.20. The summed E-state index contributed by atoms with van der Waals surface area (Å²) in [5, 5.41) is 8.55. The lowest BCUT2D eigenvalue weighted by atomic mass is 10.0. The van der Waals surface area contributed by atoms with E-state index in [1.165, 1.54) is 0 Å². The van der Waals surface area contributed by atoms with E-state index in [2.05, 4.69) is 0 Å². The van der Waals surface area contributed by atoms with E-state index in [1.807, 2.05) is 0 Å². The van der Waals surface area contributed by atoms with Gasteiger partial charge in [-0.1, -0.05) is 12.8 Å². The van der Waals surface area contributed by atoms with Gasteiger partial charge >= 0.3 is 5.97 Å². The molecule has 1 aliphatic rings. The number of carboxylic acids is 1. The van der Waals surface area contributed by atoms with E-state index in [1.54, 1.807) is 0 Å². The second kappa shape index (κ2) is 3.21. The van der Waals surface area contributed by atoms with Crippen molar-refractivity contribution >= 4 is 18.4 Å². The number of hydrogen-bond acceptors (Lipinski definition) is 2. The van der Waals surface area contributed by atoms with Crippen LogP contribution in [0.25, 0.3) is 0 Å². The first-order valence-electron chi connectivity index (χ1n) is 3.17. The third-order valence-electron chi connectivity index (χ3n) is 1.92. The first-order valence-corrected chi connectivity index (χ1v) is 3.17. The predicted octanol–water partition coefficient (Wildman–Crippen LogP) is 0.764. The van der Waals surface area contributed by atoms with Gasteiger partial charge in [-0.15, -0.1) is 12.4 Å². The molecule has 0 amide bonds. The van der Waals surface area contributed by atoms with E-state index in [9.17, 15) is 4.79 Å². The van der Waals surface area contributed by atoms with Crippen molar-refractivity contribution < 1.29 is 9.90 Å². The van der Waals surface area contributed by atoms with Crippen LogP contribution in [-0.2, 0) is 4.79 Å². The van der Waals surface area contributed by atoms with Gasteiger partial charge in [-0.05, 0) is 12.8 Å². The standard InChI is InChI=1S/C6H11NO2.ClH/c7-6(5(8)9)3-1-2-4-6;/h1-4,7H2,(H,8,9);1H. The molecule has 10 heavy (non-hydrogen) atoms. The van der Waals surface area contributed by atoms with Gasteiger partial charge in [-0.3, -0.25) is 4.79 Å². The molecule has 0 heterocycles. The Morgan fingerprint density at radius 3 is 2.00 bits per heavy atom. The van der Waals surface area contributed by atoms with Crippen LogP contribution < -0.4 is 5.73 Å². The van der Waals surface area contributed by atoms with Crippen molar-refractivity contribution in [2.45, 2.75) is 31.2 Å². The zero-order valence-corrected chi connectivity index (χ0v) is 6.49. The minimum atomic E-state index is -0.889. The molecule has 0 atom stereocenters. The molecular weight excluding hydrogens is 154 g/mol. The average molecular weight is 166 g/mol. The Kier molecular flexibility index (Phi) is 3.12. The molecule has 3 nitrogen and oxygen atoms in total. The molecule has 0 aliphatic heterocycles. The van der Waals surface area contributed by atoms with Gasteiger partial charge in [0.25, 0.3) is 0 Å². The van der Waals surface area contributed by atoms with Gasteiger partial charge in [0, 0.05) is 0 Å². The van der Waals surface area contributed by atoms with E-state index in [0.717, 1.165) is 12.8 Å². The maximum atomic E-state index is 10.4. The molecule has 0 aromatic rings. The van der Waals surface area contributed by atoms with Crippen molar-refractivity contribution in [2.75, 3.05) is 0 Å². The minimum absolute atomic E-state index is 0. The van der Waals surface area contributed by atoms with Crippen LogP contribution >= 0.6 is 12.4 Å². The number of carbonyl (C=O) groups is 1. The number of hydrogen-bond donors (Lipinski definition) is 2. The summed E-state index contributed by atoms with van der Waals surface area (Å²) in [5.74, 6) is -0.847. The van der Waals surface area contributed by atoms with Crippen LogP contribution in [-0.4, -0.2) is 16.6 Å². The second-order valence-electron chi connectivity index (χ2n) is 2.67. The van der Waals surface area contributed by atoms with Gasteiger partial charge in [-0.25, -0.2) is 0 Å². The summed E-state index contributed by atoms with van der Waals surface area (Å²) in [6.45, 7) is 0. The molecule has 0 unspecified atom stereocenters. The largest absolute Gasteiger partial charge is 0.480 e. The number of rotatable bonds is 1. The maximum absolute atomic E-state index is 10.4. The van der Waals surface area contributed by atoms with Crippen molar-refractivity contribution in [3.8, 4) is 0 Å². The molecule has 1 fully saturated rings. The van der Waals surface area contributed by atoms with Crippen LogP contribution in [0.4, 0.5) is 0 Å². The zero-order chi connectivity index (χ0) is 6.91. The highest BCUT2D eigenvalue weighted by Gasteiger charge is 2.36. The topological polar surface area (TPSA) is 63.3 Å². The molecule has 1 aliphatic carbocycles. The summed E-state index contributed by atoms with van der Waals surface area (Å²) in [7, 11) is 0. The molecule has 0 saturated heterocycles. The van der Waals surface area contributed by atoms with Gasteiger partial charge in [0.15, 0.2) is 0 Å². The Balaban J connectivity index is 0.000000810. The highest BCUT2D eigenvalue weighted by atomic mass is 35.5. The molecule has 0 radical (unpaired) electrons. The van der Waals surface area contributed by atoms with Crippen LogP contribution in [0.3, 0.4) is 0 Å². The Morgan fingerprint density at radius 2 is 1.80 bits per heavy atom. The van der Waals surface area contributed by atoms with E-state index in [4.69, 9.17) is 10.8 Å². The maximum Gasteiger partial charge on any atom is 0.323 e. The summed E-state index contributed by atoms with van der Waals surface area (Å²) in [5.41, 5.74) is 4.61. The third kappa shape index (κ3) is 1.61. The molecule has 3 N–H and O–H groups in total. The van der Waals surface area contributed by atoms with Gasteiger partial charge in [0.05, 0.1) is 0 Å². The first kappa shape index (κ1) is 9.72. The Morgan fingerprint density at radius 1 is 1.40 bits per heavy atom. The Labute approximate surface area is 66.0 Å². The predicted molar refractivity (Wildman–Crippen MR) is 40.3 cm³/mol. The Hall–Kier alpha value is -0.280. The third-order valence-corrected chi connectivity index (χ3v) is 1.92. The molecular formula is C6H12ClNO2. The quantitative estimate of drug-likeness (QED) is 0.603. The second-order valence-corrected chi connectivity index (χ2v) is 2.67. The fourth-order valence-electron chi connectivity index (χ4n) is 1.22. The van der Waals surface area contributed by atoms with Crippen molar-refractivity contribution in [3.05, 3.63) is 0 Å². The van der Waals surface area contributed by atoms with Gasteiger partial charge in [0.1, 0.15) is 5.54 Å². The van der Waals surface area contributed by atoms with Gasteiger partial charge in [0.2, 0.25) is 0 Å². The molecule has 60 valence electrons. The van der Waals surface area contributed by atoms with Crippen molar-refractivity contribution in [2.24, 2.45) is 5.73 Å². The lowest BCUT2D eigenvalue weighted by Gasteiger charge is -2.15. The molecule has 0 aromatic carbocycles. The lowest BCUT2D eigenvalue weighted by molar-refractivity contribution is -0.143. The number of halogens is 1. The summed E-state index contributed by atoms with van der Waals surface area (Å²) < 4.78 is 0. The van der Waals surface area contributed by atoms with Crippen molar-refractivity contribution in [1.82, 2.24) is 0 Å². The number of nitrogens with two attached hydrogens (primary N) is 1. The van der Waals surface area contributed by atoms with Crippen LogP contribution in [0.5, 0.6) is 0 Å². The van der Waals surface area contributed by atoms with Crippen molar-refractivity contribution in [3.63, 3.8) is 0 Å². The molecule has 4 heteroatoms. The van der Waals surface area contributed by atoms with Crippen LogP contribution in [0.1, 0.15) is 25.7 Å². The van der Waals surface area contributed by atoms with Crippen molar-refractivity contribution in [1.29, 1.82) is 0 Å². The van der Waals surface area contributed by atoms with E-state index in [-0.39, 0.29) is 12.4 Å². The highest BCUT2D eigenvalue weighted by Crippen LogP contribution is 2.26. The fourth-order valence-corrected chi connectivity index (χ4v) is 1.22. The van der Waals surface area contributed by atoms with Crippen LogP contribution in [0, 0.1) is 0 Å². The lowest BCUT2D eigenvalue weighted by Crippen LogP contribution is -2.44. The molecule has 1 saturated carbocycles. The Bertz CT molecular complexity index is 132. The van der Waals surface area contributed by atoms with E-state index < -0.39 is 11.5 Å². The summed E-state index contributed by atoms with van der Waals surface area (Å²) >= 11 is 0. The van der Waals surface area contributed by atoms with Gasteiger partial charge < -0.3 is 10.8 Å². The fraction of sp³-hybridized carbons (Fsp3) is 0.833. The summed E-state index contributed by atoms with van der Waals surface area (Å²) in [4.78, 5) is 10.4. The van der Waals surface area contributed by atoms with E-state index in [0.29, 0.717) is 12.8 Å². The number of carboxylic acid groups (broad SMARTS) is 1. The van der Waals surface area contributed by atoms with Gasteiger partial charge in [-0.2, -0.15) is 0 Å². The smallest absolute Gasteiger partial charge is 0.323 e. The molecule has 0 bridgehead atoms. The van der Waals surface area contributed by atoms with Crippen LogP contribution in [0.2, 0.25) is 0 Å². The van der Waals surface area contributed by atoms with E-state index >= 15 is 0 Å². The average Bonchev–Trinajstić information content (AvgIpc) is 2.16. The summed E-state index contributed by atoms with van der Waals surface area (Å²) in [6, 6.07) is 0. The molecule has 0 aromatic heterocycles.